The summed E-state index contributed by atoms with van der Waals surface area (Å²) in [6.45, 7) is 9.17. The van der Waals surface area contributed by atoms with Gasteiger partial charge in [-0.15, -0.1) is 0 Å². The number of nitrogens with one attached hydrogen (secondary N) is 1. The largest absolute Gasteiger partial charge is 0.297 e. The molecular weight excluding hydrogens is 246 g/mol. The minimum absolute atomic E-state index is 0.0823. The average Bonchev–Trinajstić information content (AvgIpc) is 2.45. The Kier molecular flexibility index (Phi) is 5.19. The Hall–Kier alpha value is -0.900. The van der Waals surface area contributed by atoms with E-state index in [1.165, 1.54) is 43.5 Å². The maximum absolute atomic E-state index is 5.87. The molecule has 1 heterocycles. The van der Waals surface area contributed by atoms with Gasteiger partial charge < -0.3 is 0 Å². The molecule has 0 saturated carbocycles. The first-order valence-corrected chi connectivity index (χ1v) is 7.81. The summed E-state index contributed by atoms with van der Waals surface area (Å²) in [4.78, 5) is 2.59. The van der Waals surface area contributed by atoms with Crippen molar-refractivity contribution in [3.05, 3.63) is 35.4 Å². The van der Waals surface area contributed by atoms with Crippen molar-refractivity contribution in [3.8, 4) is 0 Å². The highest BCUT2D eigenvalue weighted by Crippen LogP contribution is 2.25. The highest BCUT2D eigenvalue weighted by atomic mass is 15.3. The topological polar surface area (TPSA) is 41.3 Å². The van der Waals surface area contributed by atoms with Crippen molar-refractivity contribution in [2.24, 2.45) is 5.84 Å². The van der Waals surface area contributed by atoms with Gasteiger partial charge in [-0.05, 0) is 58.7 Å². The lowest BCUT2D eigenvalue weighted by Gasteiger charge is -2.45. The first kappa shape index (κ1) is 15.5. The van der Waals surface area contributed by atoms with Gasteiger partial charge in [0.25, 0.3) is 0 Å². The minimum atomic E-state index is 0.0823. The van der Waals surface area contributed by atoms with Gasteiger partial charge >= 0.3 is 0 Å². The molecule has 1 aromatic rings. The van der Waals surface area contributed by atoms with Gasteiger partial charge in [-0.2, -0.15) is 0 Å². The summed E-state index contributed by atoms with van der Waals surface area (Å²) in [5.74, 6) is 5.87. The van der Waals surface area contributed by atoms with Crippen LogP contribution in [0.3, 0.4) is 0 Å². The van der Waals surface area contributed by atoms with Crippen LogP contribution in [-0.2, 0) is 6.42 Å². The molecule has 0 radical (unpaired) electrons. The van der Waals surface area contributed by atoms with E-state index in [-0.39, 0.29) is 11.6 Å². The van der Waals surface area contributed by atoms with Crippen LogP contribution in [0.2, 0.25) is 0 Å². The molecule has 3 nitrogen and oxygen atoms in total. The number of hydrogen-bond donors (Lipinski definition) is 2. The third-order valence-electron chi connectivity index (χ3n) is 4.75. The maximum Gasteiger partial charge on any atom is 0.0429 e. The summed E-state index contributed by atoms with van der Waals surface area (Å²) in [5, 5.41) is 0. The van der Waals surface area contributed by atoms with Crippen LogP contribution in [0.25, 0.3) is 0 Å². The fourth-order valence-corrected chi connectivity index (χ4v) is 3.28. The second-order valence-corrected chi connectivity index (χ2v) is 6.61. The van der Waals surface area contributed by atoms with E-state index in [2.05, 4.69) is 55.4 Å². The molecule has 112 valence electrons. The molecule has 0 bridgehead atoms. The number of piperidine rings is 1. The average molecular weight is 275 g/mol. The van der Waals surface area contributed by atoms with Crippen LogP contribution in [0.1, 0.15) is 44.2 Å². The Morgan fingerprint density at radius 3 is 2.55 bits per heavy atom. The molecule has 1 aliphatic rings. The predicted molar refractivity (Wildman–Crippen MR) is 85.5 cm³/mol. The zero-order chi connectivity index (χ0) is 14.6. The van der Waals surface area contributed by atoms with Crippen molar-refractivity contribution < 1.29 is 0 Å². The molecule has 2 rings (SSSR count). The quantitative estimate of drug-likeness (QED) is 0.641. The Balaban J connectivity index is 2.09. The number of likely N-dealkylation sites (tertiary alicyclic amines) is 1. The predicted octanol–water partition coefficient (Wildman–Crippen LogP) is 2.63. The van der Waals surface area contributed by atoms with Gasteiger partial charge in [0, 0.05) is 11.6 Å². The number of hydrazine groups is 1. The smallest absolute Gasteiger partial charge is 0.0429 e. The molecule has 0 amide bonds. The van der Waals surface area contributed by atoms with Crippen LogP contribution >= 0.6 is 0 Å². The highest BCUT2D eigenvalue weighted by molar-refractivity contribution is 5.23. The summed E-state index contributed by atoms with van der Waals surface area (Å²) >= 11 is 0. The van der Waals surface area contributed by atoms with Gasteiger partial charge in [0.2, 0.25) is 0 Å². The summed E-state index contributed by atoms with van der Waals surface area (Å²) in [7, 11) is 0. The van der Waals surface area contributed by atoms with Gasteiger partial charge in [-0.3, -0.25) is 16.2 Å². The lowest BCUT2D eigenvalue weighted by molar-refractivity contribution is 0.0611. The molecular formula is C17H29N3. The van der Waals surface area contributed by atoms with E-state index < -0.39 is 0 Å². The van der Waals surface area contributed by atoms with E-state index in [1.807, 2.05) is 0 Å². The Morgan fingerprint density at radius 1 is 1.25 bits per heavy atom. The van der Waals surface area contributed by atoms with Crippen LogP contribution in [0.4, 0.5) is 0 Å². The van der Waals surface area contributed by atoms with E-state index >= 15 is 0 Å². The molecule has 1 unspecified atom stereocenters. The lowest BCUT2D eigenvalue weighted by Crippen LogP contribution is -2.61. The number of rotatable bonds is 5. The zero-order valence-corrected chi connectivity index (χ0v) is 13.2. The molecule has 0 spiro atoms. The van der Waals surface area contributed by atoms with Crippen LogP contribution in [-0.4, -0.2) is 29.6 Å². The van der Waals surface area contributed by atoms with Crippen molar-refractivity contribution in [1.82, 2.24) is 10.3 Å². The van der Waals surface area contributed by atoms with E-state index in [4.69, 9.17) is 5.84 Å². The Morgan fingerprint density at radius 2 is 1.95 bits per heavy atom. The number of hydrogen-bond acceptors (Lipinski definition) is 3. The van der Waals surface area contributed by atoms with E-state index in [0.29, 0.717) is 0 Å². The standard InChI is InChI=1S/C17H29N3/c1-14-8-7-9-15(12-14)13-16(19-18)17(2,3)20-10-5-4-6-11-20/h7-9,12,16,19H,4-6,10-11,13,18H2,1-3H3. The van der Waals surface area contributed by atoms with Crippen molar-refractivity contribution >= 4 is 0 Å². The number of nitrogens with zero attached hydrogens (tertiary/aromatic N) is 1. The molecule has 0 aromatic heterocycles. The molecule has 3 heteroatoms. The highest BCUT2D eigenvalue weighted by Gasteiger charge is 2.35. The zero-order valence-electron chi connectivity index (χ0n) is 13.2. The first-order valence-electron chi connectivity index (χ1n) is 7.81. The SMILES string of the molecule is Cc1cccc(CC(NN)C(C)(C)N2CCCCC2)c1. The van der Waals surface area contributed by atoms with E-state index in [1.54, 1.807) is 0 Å². The molecule has 1 atom stereocenters. The number of aryl methyl sites for hydroxylation is 1. The van der Waals surface area contributed by atoms with Crippen molar-refractivity contribution in [2.45, 2.75) is 58.0 Å². The fraction of sp³-hybridized carbons (Fsp3) is 0.647. The Bertz CT molecular complexity index is 422. The molecule has 3 N–H and O–H groups in total. The monoisotopic (exact) mass is 275 g/mol. The third-order valence-corrected chi connectivity index (χ3v) is 4.75. The molecule has 1 aromatic carbocycles. The summed E-state index contributed by atoms with van der Waals surface area (Å²) in [5.41, 5.74) is 5.82. The second-order valence-electron chi connectivity index (χ2n) is 6.61. The molecule has 0 aliphatic carbocycles. The molecule has 20 heavy (non-hydrogen) atoms. The van der Waals surface area contributed by atoms with Crippen LogP contribution in [0.15, 0.2) is 24.3 Å². The van der Waals surface area contributed by atoms with Crippen LogP contribution in [0.5, 0.6) is 0 Å². The van der Waals surface area contributed by atoms with Crippen LogP contribution in [0, 0.1) is 6.92 Å². The van der Waals surface area contributed by atoms with Gasteiger partial charge in [-0.25, -0.2) is 0 Å². The molecule has 1 saturated heterocycles. The van der Waals surface area contributed by atoms with Crippen molar-refractivity contribution in [1.29, 1.82) is 0 Å². The number of nitrogens with two attached hydrogens (primary N) is 1. The van der Waals surface area contributed by atoms with E-state index in [0.717, 1.165) is 6.42 Å². The molecule has 1 fully saturated rings. The summed E-state index contributed by atoms with van der Waals surface area (Å²) in [6, 6.07) is 9.00. The van der Waals surface area contributed by atoms with Crippen LogP contribution < -0.4 is 11.3 Å². The number of benzene rings is 1. The minimum Gasteiger partial charge on any atom is -0.297 e. The summed E-state index contributed by atoms with van der Waals surface area (Å²) < 4.78 is 0. The first-order chi connectivity index (χ1) is 9.54. The molecule has 1 aliphatic heterocycles. The fourth-order valence-electron chi connectivity index (χ4n) is 3.28. The van der Waals surface area contributed by atoms with Crippen molar-refractivity contribution in [2.75, 3.05) is 13.1 Å². The van der Waals surface area contributed by atoms with E-state index in [9.17, 15) is 0 Å². The maximum atomic E-state index is 5.87. The summed E-state index contributed by atoms with van der Waals surface area (Å²) in [6.07, 6.45) is 4.96. The van der Waals surface area contributed by atoms with Gasteiger partial charge in [0.05, 0.1) is 0 Å². The van der Waals surface area contributed by atoms with Gasteiger partial charge in [0.15, 0.2) is 0 Å². The van der Waals surface area contributed by atoms with Gasteiger partial charge in [0.1, 0.15) is 0 Å². The second kappa shape index (κ2) is 6.70. The Labute approximate surface area is 123 Å². The lowest BCUT2D eigenvalue weighted by atomic mass is 9.86. The van der Waals surface area contributed by atoms with Crippen molar-refractivity contribution in [3.63, 3.8) is 0 Å². The normalized spacial score (nSPS) is 19.0. The third kappa shape index (κ3) is 3.60. The van der Waals surface area contributed by atoms with Gasteiger partial charge in [-0.1, -0.05) is 36.2 Å².